The van der Waals surface area contributed by atoms with Gasteiger partial charge < -0.3 is 10.2 Å². The Hall–Kier alpha value is -2.49. The zero-order chi connectivity index (χ0) is 15.2. The predicted octanol–water partition coefficient (Wildman–Crippen LogP) is 0.874. The largest absolute Gasteiger partial charge is 0.337 e. The summed E-state index contributed by atoms with van der Waals surface area (Å²) >= 11 is 0. The Morgan fingerprint density at radius 2 is 2.36 bits per heavy atom. The number of rotatable bonds is 4. The molecule has 1 aromatic carbocycles. The molecule has 0 radical (unpaired) electrons. The lowest BCUT2D eigenvalue weighted by Crippen LogP contribution is -2.58. The Morgan fingerprint density at radius 1 is 1.41 bits per heavy atom. The van der Waals surface area contributed by atoms with Gasteiger partial charge in [-0.2, -0.15) is 5.26 Å². The molecule has 1 unspecified atom stereocenters. The second kappa shape index (κ2) is 6.98. The number of nitriles is 1. The van der Waals surface area contributed by atoms with Crippen LogP contribution in [0.3, 0.4) is 0 Å². The van der Waals surface area contributed by atoms with Crippen molar-refractivity contribution in [2.45, 2.75) is 12.7 Å². The molecule has 3 rings (SSSR count). The Bertz CT molecular complexity index is 651. The lowest BCUT2D eigenvalue weighted by atomic mass is 10.1. The lowest BCUT2D eigenvalue weighted by Gasteiger charge is -2.37. The van der Waals surface area contributed by atoms with Gasteiger partial charge in [-0.25, -0.2) is 4.98 Å². The fourth-order valence-corrected chi connectivity index (χ4v) is 2.59. The summed E-state index contributed by atoms with van der Waals surface area (Å²) in [5.41, 5.74) is 1.79. The van der Waals surface area contributed by atoms with Gasteiger partial charge in [-0.15, -0.1) is 0 Å². The van der Waals surface area contributed by atoms with E-state index >= 15 is 0 Å². The molecule has 2 heterocycles. The van der Waals surface area contributed by atoms with E-state index < -0.39 is 0 Å². The van der Waals surface area contributed by atoms with Gasteiger partial charge in [0, 0.05) is 38.6 Å². The minimum Gasteiger partial charge on any atom is -0.337 e. The minimum absolute atomic E-state index is 0.149. The summed E-state index contributed by atoms with van der Waals surface area (Å²) in [5, 5.41) is 15.9. The zero-order valence-electron chi connectivity index (χ0n) is 12.2. The molecular weight excluding hydrogens is 276 g/mol. The van der Waals surface area contributed by atoms with E-state index in [2.05, 4.69) is 31.6 Å². The van der Waals surface area contributed by atoms with Crippen molar-refractivity contribution in [3.63, 3.8) is 0 Å². The van der Waals surface area contributed by atoms with Gasteiger partial charge in [0.15, 0.2) is 0 Å². The summed E-state index contributed by atoms with van der Waals surface area (Å²) in [4.78, 5) is 10.8. The highest BCUT2D eigenvalue weighted by molar-refractivity contribution is 5.38. The number of nitrogens with zero attached hydrogens (tertiary/aromatic N) is 4. The summed E-state index contributed by atoms with van der Waals surface area (Å²) in [6, 6.07) is 9.84. The molecule has 1 fully saturated rings. The third-order valence-electron chi connectivity index (χ3n) is 3.69. The van der Waals surface area contributed by atoms with Crippen molar-refractivity contribution in [3.05, 3.63) is 54.0 Å². The Labute approximate surface area is 129 Å². The summed E-state index contributed by atoms with van der Waals surface area (Å²) < 4.78 is 0. The summed E-state index contributed by atoms with van der Waals surface area (Å²) in [6.45, 7) is 3.36. The molecule has 1 aliphatic rings. The fraction of sp³-hybridized carbons (Fsp3) is 0.312. The van der Waals surface area contributed by atoms with Crippen molar-refractivity contribution in [1.82, 2.24) is 20.6 Å². The van der Waals surface area contributed by atoms with E-state index in [-0.39, 0.29) is 6.17 Å². The van der Waals surface area contributed by atoms with Crippen LogP contribution in [-0.4, -0.2) is 35.8 Å². The molecule has 0 amide bonds. The van der Waals surface area contributed by atoms with E-state index in [0.29, 0.717) is 12.1 Å². The van der Waals surface area contributed by atoms with Crippen LogP contribution < -0.4 is 15.5 Å². The van der Waals surface area contributed by atoms with Crippen LogP contribution in [-0.2, 0) is 6.54 Å². The maximum atomic E-state index is 8.97. The van der Waals surface area contributed by atoms with Gasteiger partial charge in [-0.1, -0.05) is 12.1 Å². The minimum atomic E-state index is 0.149. The third-order valence-corrected chi connectivity index (χ3v) is 3.69. The molecule has 22 heavy (non-hydrogen) atoms. The first-order valence-corrected chi connectivity index (χ1v) is 7.32. The summed E-state index contributed by atoms with van der Waals surface area (Å²) in [6.07, 6.45) is 5.33. The van der Waals surface area contributed by atoms with Gasteiger partial charge in [-0.05, 0) is 17.7 Å². The molecule has 6 nitrogen and oxygen atoms in total. The molecule has 1 atom stereocenters. The normalized spacial score (nSPS) is 18.0. The van der Waals surface area contributed by atoms with Crippen molar-refractivity contribution < 1.29 is 0 Å². The molecule has 1 aromatic heterocycles. The van der Waals surface area contributed by atoms with Crippen molar-refractivity contribution >= 4 is 5.82 Å². The van der Waals surface area contributed by atoms with Crippen LogP contribution in [0.5, 0.6) is 0 Å². The molecule has 0 saturated carbocycles. The zero-order valence-corrected chi connectivity index (χ0v) is 12.2. The van der Waals surface area contributed by atoms with Crippen molar-refractivity contribution in [3.8, 4) is 6.07 Å². The molecule has 1 saturated heterocycles. The second-order valence-corrected chi connectivity index (χ2v) is 5.17. The number of anilines is 1. The average molecular weight is 294 g/mol. The van der Waals surface area contributed by atoms with Gasteiger partial charge in [0.05, 0.1) is 24.0 Å². The number of nitrogens with one attached hydrogen (secondary N) is 2. The maximum Gasteiger partial charge on any atom is 0.148 e. The molecule has 0 bridgehead atoms. The monoisotopic (exact) mass is 294 g/mol. The average Bonchev–Trinajstić information content (AvgIpc) is 2.61. The standard InChI is InChI=1S/C16H18N6/c17-9-13-2-1-3-14(8-13)10-21-16-12-19-6-7-22(16)15-11-18-4-5-20-15/h1-5,8,11,16,19,21H,6-7,10,12H2. The van der Waals surface area contributed by atoms with E-state index in [1.165, 1.54) is 0 Å². The van der Waals surface area contributed by atoms with Crippen LogP contribution in [0.4, 0.5) is 5.82 Å². The van der Waals surface area contributed by atoms with Gasteiger partial charge in [-0.3, -0.25) is 10.3 Å². The molecule has 112 valence electrons. The Balaban J connectivity index is 1.68. The fourth-order valence-electron chi connectivity index (χ4n) is 2.59. The quantitative estimate of drug-likeness (QED) is 0.871. The van der Waals surface area contributed by atoms with Gasteiger partial charge in [0.25, 0.3) is 0 Å². The number of piperazine rings is 1. The van der Waals surface area contributed by atoms with Crippen molar-refractivity contribution in [2.75, 3.05) is 24.5 Å². The second-order valence-electron chi connectivity index (χ2n) is 5.17. The number of aromatic nitrogens is 2. The number of benzene rings is 1. The first kappa shape index (κ1) is 14.4. The van der Waals surface area contributed by atoms with E-state index in [9.17, 15) is 0 Å². The molecule has 1 aliphatic heterocycles. The SMILES string of the molecule is N#Cc1cccc(CNC2CNCCN2c2cnccn2)c1. The van der Waals surface area contributed by atoms with Crippen LogP contribution in [0.2, 0.25) is 0 Å². The van der Waals surface area contributed by atoms with E-state index in [1.807, 2.05) is 24.3 Å². The molecule has 0 aliphatic carbocycles. The van der Waals surface area contributed by atoms with E-state index in [1.54, 1.807) is 18.6 Å². The highest BCUT2D eigenvalue weighted by Gasteiger charge is 2.22. The summed E-state index contributed by atoms with van der Waals surface area (Å²) in [5.74, 6) is 0.882. The lowest BCUT2D eigenvalue weighted by molar-refractivity contribution is 0.406. The number of hydrogen-bond donors (Lipinski definition) is 2. The first-order chi connectivity index (χ1) is 10.9. The van der Waals surface area contributed by atoms with Crippen LogP contribution in [0.15, 0.2) is 42.9 Å². The Kier molecular flexibility index (Phi) is 4.59. The van der Waals surface area contributed by atoms with Gasteiger partial charge in [0.1, 0.15) is 5.82 Å². The third kappa shape index (κ3) is 3.39. The topological polar surface area (TPSA) is 76.9 Å². The number of hydrogen-bond acceptors (Lipinski definition) is 6. The van der Waals surface area contributed by atoms with Crippen molar-refractivity contribution in [1.29, 1.82) is 5.26 Å². The molecule has 6 heteroatoms. The van der Waals surface area contributed by atoms with Gasteiger partial charge >= 0.3 is 0 Å². The van der Waals surface area contributed by atoms with E-state index in [0.717, 1.165) is 31.0 Å². The van der Waals surface area contributed by atoms with Crippen molar-refractivity contribution in [2.24, 2.45) is 0 Å². The van der Waals surface area contributed by atoms with Crippen LogP contribution in [0.25, 0.3) is 0 Å². The Morgan fingerprint density at radius 3 is 3.18 bits per heavy atom. The predicted molar refractivity (Wildman–Crippen MR) is 84.0 cm³/mol. The maximum absolute atomic E-state index is 8.97. The van der Waals surface area contributed by atoms with Crippen LogP contribution >= 0.6 is 0 Å². The highest BCUT2D eigenvalue weighted by Crippen LogP contribution is 2.13. The van der Waals surface area contributed by atoms with Gasteiger partial charge in [0.2, 0.25) is 0 Å². The first-order valence-electron chi connectivity index (χ1n) is 7.32. The molecule has 2 aromatic rings. The van der Waals surface area contributed by atoms with Crippen LogP contribution in [0.1, 0.15) is 11.1 Å². The molecule has 2 N–H and O–H groups in total. The molecular formula is C16H18N6. The van der Waals surface area contributed by atoms with E-state index in [4.69, 9.17) is 5.26 Å². The molecule has 0 spiro atoms. The smallest absolute Gasteiger partial charge is 0.148 e. The van der Waals surface area contributed by atoms with Crippen LogP contribution in [0, 0.1) is 11.3 Å². The highest BCUT2D eigenvalue weighted by atomic mass is 15.3. The summed E-state index contributed by atoms with van der Waals surface area (Å²) in [7, 11) is 0.